The van der Waals surface area contributed by atoms with E-state index in [1.165, 1.54) is 24.3 Å². The number of aryl methyl sites for hydroxylation is 1. The van der Waals surface area contributed by atoms with Crippen LogP contribution in [0, 0.1) is 18.7 Å². The van der Waals surface area contributed by atoms with Crippen molar-refractivity contribution in [2.45, 2.75) is 17.2 Å². The molecule has 1 fully saturated rings. The topological polar surface area (TPSA) is 58.2 Å². The van der Waals surface area contributed by atoms with E-state index >= 15 is 0 Å². The lowest BCUT2D eigenvalue weighted by Gasteiger charge is -2.09. The van der Waals surface area contributed by atoms with Crippen LogP contribution in [0.1, 0.15) is 27.4 Å². The number of nitrogens with one attached hydrogen (secondary N) is 2. The lowest BCUT2D eigenvalue weighted by atomic mass is 10.1. The van der Waals surface area contributed by atoms with Gasteiger partial charge in [0.05, 0.1) is 16.5 Å². The zero-order valence-corrected chi connectivity index (χ0v) is 17.5. The Balaban J connectivity index is 1.76. The Hall–Kier alpha value is -1.89. The van der Waals surface area contributed by atoms with Gasteiger partial charge in [-0.05, 0) is 42.3 Å². The van der Waals surface area contributed by atoms with E-state index in [4.69, 9.17) is 34.8 Å². The third kappa shape index (κ3) is 4.49. The van der Waals surface area contributed by atoms with Gasteiger partial charge in [0.25, 0.3) is 5.91 Å². The second-order valence-electron chi connectivity index (χ2n) is 6.77. The fourth-order valence-electron chi connectivity index (χ4n) is 3.18. The lowest BCUT2D eigenvalue weighted by Crippen LogP contribution is -2.26. The molecule has 4 nitrogen and oxygen atoms in total. The summed E-state index contributed by atoms with van der Waals surface area (Å²) in [6.07, 6.45) is 0. The van der Waals surface area contributed by atoms with Gasteiger partial charge in [-0.1, -0.05) is 23.7 Å². The van der Waals surface area contributed by atoms with Crippen LogP contribution in [0.15, 0.2) is 36.4 Å². The number of hydrogen-bond donors (Lipinski definition) is 2. The largest absolute Gasteiger partial charge is 0.349 e. The Morgan fingerprint density at radius 2 is 1.90 bits per heavy atom. The lowest BCUT2D eigenvalue weighted by molar-refractivity contribution is -0.117. The van der Waals surface area contributed by atoms with Crippen molar-refractivity contribution >= 4 is 52.3 Å². The first-order valence-electron chi connectivity index (χ1n) is 8.75. The molecule has 0 radical (unpaired) electrons. The first-order chi connectivity index (χ1) is 13.7. The van der Waals surface area contributed by atoms with E-state index in [-0.39, 0.29) is 22.9 Å². The highest BCUT2D eigenvalue weighted by atomic mass is 35.5. The highest BCUT2D eigenvalue weighted by Crippen LogP contribution is 2.65. The average molecular weight is 462 g/mol. The zero-order chi connectivity index (χ0) is 21.3. The van der Waals surface area contributed by atoms with Gasteiger partial charge in [-0.3, -0.25) is 9.59 Å². The molecule has 1 aliphatic rings. The van der Waals surface area contributed by atoms with Gasteiger partial charge in [0.2, 0.25) is 5.91 Å². The van der Waals surface area contributed by atoms with Crippen molar-refractivity contribution in [2.75, 3.05) is 18.5 Å². The van der Waals surface area contributed by atoms with Crippen LogP contribution in [0.25, 0.3) is 0 Å². The third-order valence-electron chi connectivity index (χ3n) is 4.74. The van der Waals surface area contributed by atoms with Crippen molar-refractivity contribution in [2.24, 2.45) is 5.92 Å². The maximum atomic E-state index is 13.5. The molecule has 9 heteroatoms. The van der Waals surface area contributed by atoms with Crippen molar-refractivity contribution in [1.29, 1.82) is 0 Å². The summed E-state index contributed by atoms with van der Waals surface area (Å²) in [5, 5.41) is 5.20. The molecule has 0 saturated heterocycles. The number of anilines is 1. The molecule has 2 N–H and O–H groups in total. The van der Waals surface area contributed by atoms with E-state index in [2.05, 4.69) is 10.6 Å². The molecule has 3 rings (SSSR count). The van der Waals surface area contributed by atoms with Crippen LogP contribution < -0.4 is 10.6 Å². The predicted molar refractivity (Wildman–Crippen MR) is 110 cm³/mol. The van der Waals surface area contributed by atoms with E-state index in [1.54, 1.807) is 19.1 Å². The standard InChI is InChI=1S/C20H17Cl3F2N2O2/c1-10-8-11(2-5-15(10)25)16-17(20(16,22)23)19(29)27-12-3-4-14(21)13(9-12)18(28)26-7-6-24/h2-5,8-9,16-17H,6-7H2,1H3,(H,26,28)(H,27,29). The first kappa shape index (κ1) is 21.8. The number of carbonyl (C=O) groups excluding carboxylic acids is 2. The van der Waals surface area contributed by atoms with Crippen LogP contribution in [0.4, 0.5) is 14.5 Å². The minimum atomic E-state index is -1.33. The Morgan fingerprint density at radius 1 is 1.17 bits per heavy atom. The van der Waals surface area contributed by atoms with E-state index in [0.717, 1.165) is 0 Å². The summed E-state index contributed by atoms with van der Waals surface area (Å²) in [6, 6.07) is 8.83. The molecule has 2 amide bonds. The number of rotatable bonds is 6. The number of halogens is 5. The van der Waals surface area contributed by atoms with Crippen LogP contribution in [0.5, 0.6) is 0 Å². The van der Waals surface area contributed by atoms with Crippen molar-refractivity contribution in [3.63, 3.8) is 0 Å². The maximum Gasteiger partial charge on any atom is 0.252 e. The third-order valence-corrected chi connectivity index (χ3v) is 6.01. The molecule has 0 heterocycles. The Bertz CT molecular complexity index is 969. The van der Waals surface area contributed by atoms with Crippen molar-refractivity contribution in [3.8, 4) is 0 Å². The zero-order valence-electron chi connectivity index (χ0n) is 15.2. The van der Waals surface area contributed by atoms with Crippen LogP contribution in [-0.2, 0) is 4.79 Å². The molecule has 0 bridgehead atoms. The summed E-state index contributed by atoms with van der Waals surface area (Å²) >= 11 is 18.6. The monoisotopic (exact) mass is 460 g/mol. The fraction of sp³-hybridized carbons (Fsp3) is 0.300. The highest BCUT2D eigenvalue weighted by molar-refractivity contribution is 6.53. The smallest absolute Gasteiger partial charge is 0.252 e. The number of amides is 2. The molecule has 0 aliphatic heterocycles. The van der Waals surface area contributed by atoms with Gasteiger partial charge in [-0.2, -0.15) is 0 Å². The van der Waals surface area contributed by atoms with E-state index in [9.17, 15) is 18.4 Å². The molecule has 0 aromatic heterocycles. The fourth-order valence-corrected chi connectivity index (χ4v) is 4.21. The Kier molecular flexibility index (Phi) is 6.36. The average Bonchev–Trinajstić information content (AvgIpc) is 3.25. The van der Waals surface area contributed by atoms with Crippen molar-refractivity contribution < 1.29 is 18.4 Å². The normalized spacial score (nSPS) is 19.5. The van der Waals surface area contributed by atoms with Gasteiger partial charge >= 0.3 is 0 Å². The maximum absolute atomic E-state index is 13.5. The molecule has 29 heavy (non-hydrogen) atoms. The molecule has 1 saturated carbocycles. The summed E-state index contributed by atoms with van der Waals surface area (Å²) < 4.78 is 24.5. The highest BCUT2D eigenvalue weighted by Gasteiger charge is 2.67. The van der Waals surface area contributed by atoms with Crippen molar-refractivity contribution in [1.82, 2.24) is 5.32 Å². The molecular weight excluding hydrogens is 445 g/mol. The molecule has 2 aromatic rings. The van der Waals surface area contributed by atoms with E-state index in [0.29, 0.717) is 16.8 Å². The summed E-state index contributed by atoms with van der Waals surface area (Å²) in [5.74, 6) is -2.61. The van der Waals surface area contributed by atoms with Crippen LogP contribution in [-0.4, -0.2) is 29.4 Å². The molecule has 1 aliphatic carbocycles. The molecule has 154 valence electrons. The van der Waals surface area contributed by atoms with E-state index < -0.39 is 34.7 Å². The minimum Gasteiger partial charge on any atom is -0.349 e. The van der Waals surface area contributed by atoms with Gasteiger partial charge < -0.3 is 10.6 Å². The first-order valence-corrected chi connectivity index (χ1v) is 9.88. The van der Waals surface area contributed by atoms with Gasteiger partial charge in [-0.15, -0.1) is 23.2 Å². The predicted octanol–water partition coefficient (Wildman–Crippen LogP) is 5.01. The van der Waals surface area contributed by atoms with Gasteiger partial charge in [0, 0.05) is 18.2 Å². The quantitative estimate of drug-likeness (QED) is 0.594. The second kappa shape index (κ2) is 8.46. The van der Waals surface area contributed by atoms with Gasteiger partial charge in [-0.25, -0.2) is 8.78 Å². The molecule has 0 spiro atoms. The summed E-state index contributed by atoms with van der Waals surface area (Å²) in [7, 11) is 0. The van der Waals surface area contributed by atoms with Crippen LogP contribution >= 0.6 is 34.8 Å². The van der Waals surface area contributed by atoms with Crippen molar-refractivity contribution in [3.05, 3.63) is 63.9 Å². The number of hydrogen-bond acceptors (Lipinski definition) is 2. The van der Waals surface area contributed by atoms with E-state index in [1.807, 2.05) is 0 Å². The molecule has 2 unspecified atom stereocenters. The number of benzene rings is 2. The summed E-state index contributed by atoms with van der Waals surface area (Å²) in [6.45, 7) is 0.760. The minimum absolute atomic E-state index is 0.0995. The Morgan fingerprint density at radius 3 is 2.55 bits per heavy atom. The number of alkyl halides is 3. The number of carbonyl (C=O) groups is 2. The molecule has 2 atom stereocenters. The summed E-state index contributed by atoms with van der Waals surface area (Å²) in [5.41, 5.74) is 1.51. The van der Waals surface area contributed by atoms with Crippen LogP contribution in [0.3, 0.4) is 0 Å². The molecule has 2 aromatic carbocycles. The van der Waals surface area contributed by atoms with Crippen LogP contribution in [0.2, 0.25) is 5.02 Å². The second-order valence-corrected chi connectivity index (χ2v) is 8.62. The molecular formula is C20H17Cl3F2N2O2. The van der Waals surface area contributed by atoms with Gasteiger partial charge in [0.15, 0.2) is 0 Å². The van der Waals surface area contributed by atoms with Gasteiger partial charge in [0.1, 0.15) is 16.8 Å². The SMILES string of the molecule is Cc1cc(C2C(C(=O)Nc3ccc(Cl)c(C(=O)NCCF)c3)C2(Cl)Cl)ccc1F. The Labute approximate surface area is 181 Å². The summed E-state index contributed by atoms with van der Waals surface area (Å²) in [4.78, 5) is 24.8.